The molecule has 3 aromatic rings. The van der Waals surface area contributed by atoms with Crippen molar-refractivity contribution in [3.8, 4) is 11.7 Å². The van der Waals surface area contributed by atoms with Crippen LogP contribution in [0, 0.1) is 12.7 Å². The number of nitrogens with zero attached hydrogens (tertiary/aromatic N) is 6. The highest BCUT2D eigenvalue weighted by atomic mass is 35.5. The molecule has 0 radical (unpaired) electrons. The van der Waals surface area contributed by atoms with E-state index in [1.807, 2.05) is 0 Å². The van der Waals surface area contributed by atoms with E-state index in [1.54, 1.807) is 6.92 Å². The number of ether oxygens (including phenoxy) is 1. The van der Waals surface area contributed by atoms with Gasteiger partial charge < -0.3 is 15.2 Å². The number of halogens is 5. The van der Waals surface area contributed by atoms with Crippen molar-refractivity contribution in [3.05, 3.63) is 50.9 Å². The molecule has 0 aliphatic carbocycles. The molecule has 3 aromatic heterocycles. The highest BCUT2D eigenvalue weighted by molar-refractivity contribution is 6.32. The molecule has 0 unspecified atom stereocenters. The number of carbonyl (C=O) groups is 1. The van der Waals surface area contributed by atoms with Gasteiger partial charge in [-0.15, -0.1) is 5.10 Å². The monoisotopic (exact) mass is 519 g/mol. The third kappa shape index (κ3) is 5.24. The van der Waals surface area contributed by atoms with Crippen LogP contribution in [0.15, 0.2) is 17.2 Å². The van der Waals surface area contributed by atoms with Crippen molar-refractivity contribution in [2.75, 3.05) is 5.32 Å². The van der Waals surface area contributed by atoms with Gasteiger partial charge in [0.15, 0.2) is 28.7 Å². The van der Waals surface area contributed by atoms with Gasteiger partial charge in [0, 0.05) is 6.54 Å². The normalized spacial score (nSPS) is 12.5. The number of aryl methyl sites for hydroxylation is 1. The van der Waals surface area contributed by atoms with E-state index in [1.165, 1.54) is 6.92 Å². The number of anilines is 1. The van der Waals surface area contributed by atoms with E-state index in [9.17, 15) is 27.9 Å². The molecule has 0 spiro atoms. The van der Waals surface area contributed by atoms with Crippen molar-refractivity contribution >= 4 is 23.2 Å². The zero-order chi connectivity index (χ0) is 26.1. The van der Waals surface area contributed by atoms with Gasteiger partial charge in [-0.2, -0.15) is 22.8 Å². The van der Waals surface area contributed by atoms with E-state index >= 15 is 4.39 Å². The first-order chi connectivity index (χ1) is 16.4. The maximum Gasteiger partial charge on any atom is 0.425 e. The lowest BCUT2D eigenvalue weighted by Crippen LogP contribution is -2.33. The molecule has 0 aliphatic heterocycles. The highest BCUT2D eigenvalue weighted by Gasteiger charge is 2.39. The Balaban J connectivity index is 2.16. The largest absolute Gasteiger partial charge is 0.464 e. The number of aliphatic hydroxyl groups excluding tert-OH is 1. The topological polar surface area (TPSA) is 137 Å². The van der Waals surface area contributed by atoms with Crippen LogP contribution in [0.5, 0.6) is 5.88 Å². The van der Waals surface area contributed by atoms with E-state index < -0.39 is 53.6 Å². The molecule has 0 bridgehead atoms. The van der Waals surface area contributed by atoms with Crippen molar-refractivity contribution in [1.29, 1.82) is 0 Å². The summed E-state index contributed by atoms with van der Waals surface area (Å²) in [6.45, 7) is 3.07. The molecule has 0 saturated heterocycles. The molecular formula is C19H18ClF4N7O4. The lowest BCUT2D eigenvalue weighted by molar-refractivity contribution is -0.190. The zero-order valence-corrected chi connectivity index (χ0v) is 19.1. The van der Waals surface area contributed by atoms with Gasteiger partial charge in [-0.3, -0.25) is 9.36 Å². The summed E-state index contributed by atoms with van der Waals surface area (Å²) in [6, 6.07) is 0.541. The number of amides is 1. The number of aromatic nitrogens is 6. The quantitative estimate of drug-likeness (QED) is 0.359. The first-order valence-electron chi connectivity index (χ1n) is 9.91. The second-order valence-corrected chi connectivity index (χ2v) is 7.40. The summed E-state index contributed by atoms with van der Waals surface area (Å²) < 4.78 is 60.9. The van der Waals surface area contributed by atoms with Gasteiger partial charge in [-0.1, -0.05) is 11.6 Å². The van der Waals surface area contributed by atoms with E-state index in [0.29, 0.717) is 17.7 Å². The first kappa shape index (κ1) is 26.0. The summed E-state index contributed by atoms with van der Waals surface area (Å²) >= 11 is 5.94. The van der Waals surface area contributed by atoms with Crippen molar-refractivity contribution in [2.24, 2.45) is 0 Å². The standard InChI is InChI=1S/C19H18ClF4N7O4/c1-4-30-12(6-32)29-31(18(30)34)15-11(21)5-10(17(28-15)35-9(3)19(22,23)24)16(33)27-13-8(2)25-7-26-14(13)20/h5,7,9,32H,4,6H2,1-3H3,(H,27,33)/t9-/m0/s1. The first-order valence-corrected chi connectivity index (χ1v) is 10.3. The number of pyridine rings is 1. The molecule has 3 heterocycles. The number of nitrogens with one attached hydrogen (secondary N) is 1. The number of aliphatic hydroxyl groups is 1. The summed E-state index contributed by atoms with van der Waals surface area (Å²) in [4.78, 5) is 36.7. The van der Waals surface area contributed by atoms with Crippen molar-refractivity contribution in [3.63, 3.8) is 0 Å². The summed E-state index contributed by atoms with van der Waals surface area (Å²) in [7, 11) is 0. The molecule has 0 aliphatic rings. The maximum absolute atomic E-state index is 15.0. The molecule has 1 amide bonds. The van der Waals surface area contributed by atoms with Gasteiger partial charge in [-0.05, 0) is 26.8 Å². The Bertz CT molecular complexity index is 1310. The fraction of sp³-hybridized carbons (Fsp3) is 0.368. The van der Waals surface area contributed by atoms with Gasteiger partial charge in [0.1, 0.15) is 24.2 Å². The average molecular weight is 520 g/mol. The van der Waals surface area contributed by atoms with Gasteiger partial charge in [-0.25, -0.2) is 19.2 Å². The Labute approximate surface area is 199 Å². The predicted octanol–water partition coefficient (Wildman–Crippen LogP) is 2.41. The van der Waals surface area contributed by atoms with Crippen molar-refractivity contribution < 1.29 is 32.2 Å². The minimum atomic E-state index is -4.86. The van der Waals surface area contributed by atoms with Gasteiger partial charge in [0.05, 0.1) is 5.69 Å². The summed E-state index contributed by atoms with van der Waals surface area (Å²) in [5.41, 5.74) is -1.49. The van der Waals surface area contributed by atoms with Crippen LogP contribution in [0.1, 0.15) is 35.7 Å². The van der Waals surface area contributed by atoms with Crippen LogP contribution in [0.25, 0.3) is 5.82 Å². The minimum Gasteiger partial charge on any atom is -0.464 e. The lowest BCUT2D eigenvalue weighted by atomic mass is 10.2. The molecule has 16 heteroatoms. The van der Waals surface area contributed by atoms with Crippen molar-refractivity contribution in [2.45, 2.75) is 46.2 Å². The van der Waals surface area contributed by atoms with Crippen LogP contribution in [0.2, 0.25) is 5.15 Å². The van der Waals surface area contributed by atoms with E-state index in [0.717, 1.165) is 10.9 Å². The highest BCUT2D eigenvalue weighted by Crippen LogP contribution is 2.29. The third-order valence-electron chi connectivity index (χ3n) is 4.74. The third-order valence-corrected chi connectivity index (χ3v) is 5.03. The Morgan fingerprint density at radius 1 is 1.34 bits per heavy atom. The molecule has 0 aromatic carbocycles. The van der Waals surface area contributed by atoms with E-state index in [-0.39, 0.29) is 28.9 Å². The number of hydrogen-bond donors (Lipinski definition) is 2. The predicted molar refractivity (Wildman–Crippen MR) is 113 cm³/mol. The minimum absolute atomic E-state index is 0.0601. The van der Waals surface area contributed by atoms with Crippen LogP contribution in [0.4, 0.5) is 23.2 Å². The zero-order valence-electron chi connectivity index (χ0n) is 18.4. The average Bonchev–Trinajstić information content (AvgIpc) is 3.11. The number of alkyl halides is 3. The molecule has 188 valence electrons. The fourth-order valence-corrected chi connectivity index (χ4v) is 3.10. The fourth-order valence-electron chi connectivity index (χ4n) is 2.88. The van der Waals surface area contributed by atoms with Crippen LogP contribution in [-0.2, 0) is 13.2 Å². The van der Waals surface area contributed by atoms with Crippen LogP contribution in [-0.4, -0.2) is 52.6 Å². The number of carbonyl (C=O) groups excluding carboxylic acids is 1. The summed E-state index contributed by atoms with van der Waals surface area (Å²) in [6.07, 6.45) is -6.19. The lowest BCUT2D eigenvalue weighted by Gasteiger charge is -2.19. The summed E-state index contributed by atoms with van der Waals surface area (Å²) in [5, 5.41) is 15.3. The molecule has 35 heavy (non-hydrogen) atoms. The number of rotatable bonds is 7. The van der Waals surface area contributed by atoms with Crippen molar-refractivity contribution in [1.82, 2.24) is 29.3 Å². The Kier molecular flexibility index (Phi) is 7.40. The van der Waals surface area contributed by atoms with Crippen LogP contribution >= 0.6 is 11.6 Å². The molecule has 1 atom stereocenters. The second-order valence-electron chi connectivity index (χ2n) is 7.04. The van der Waals surface area contributed by atoms with Gasteiger partial charge in [0.2, 0.25) is 5.88 Å². The molecule has 0 saturated carbocycles. The summed E-state index contributed by atoms with van der Waals surface area (Å²) in [5.74, 6) is -4.31. The Morgan fingerprint density at radius 3 is 2.57 bits per heavy atom. The van der Waals surface area contributed by atoms with Crippen LogP contribution < -0.4 is 15.7 Å². The van der Waals surface area contributed by atoms with E-state index in [4.69, 9.17) is 16.3 Å². The van der Waals surface area contributed by atoms with E-state index in [2.05, 4.69) is 25.4 Å². The molecule has 3 rings (SSSR count). The molecule has 11 nitrogen and oxygen atoms in total. The maximum atomic E-state index is 15.0. The molecule has 2 N–H and O–H groups in total. The smallest absolute Gasteiger partial charge is 0.425 e. The molecular weight excluding hydrogens is 502 g/mol. The second kappa shape index (κ2) is 9.95. The SMILES string of the molecule is CCn1c(CO)nn(-c2nc(O[C@@H](C)C(F)(F)F)c(C(=O)Nc3c(C)ncnc3Cl)cc2F)c1=O. The molecule has 0 fully saturated rings. The number of hydrogen-bond acceptors (Lipinski definition) is 8. The van der Waals surface area contributed by atoms with Crippen LogP contribution in [0.3, 0.4) is 0 Å². The van der Waals surface area contributed by atoms with Gasteiger partial charge >= 0.3 is 11.9 Å². The Hall–Kier alpha value is -3.59. The Morgan fingerprint density at radius 2 is 2.03 bits per heavy atom. The van der Waals surface area contributed by atoms with Gasteiger partial charge in [0.25, 0.3) is 5.91 Å².